The van der Waals surface area contributed by atoms with E-state index in [-0.39, 0.29) is 0 Å². The quantitative estimate of drug-likeness (QED) is 0.501. The van der Waals surface area contributed by atoms with Gasteiger partial charge in [-0.2, -0.15) is 0 Å². The van der Waals surface area contributed by atoms with E-state index in [4.69, 9.17) is 18.6 Å². The second kappa shape index (κ2) is 6.51. The first-order chi connectivity index (χ1) is 7.47. The molecule has 16 heavy (non-hydrogen) atoms. The van der Waals surface area contributed by atoms with Gasteiger partial charge in [0.15, 0.2) is 5.71 Å². The van der Waals surface area contributed by atoms with Crippen molar-refractivity contribution in [2.24, 2.45) is 0 Å². The Morgan fingerprint density at radius 3 is 1.75 bits per heavy atom. The second-order valence-electron chi connectivity index (χ2n) is 4.25. The molecular formula is C10H21ClNO4+. The number of halogens is 1. The molecule has 1 saturated heterocycles. The average molecular weight is 255 g/mol. The summed E-state index contributed by atoms with van der Waals surface area (Å²) in [5, 5.41) is 0. The van der Waals surface area contributed by atoms with Crippen molar-refractivity contribution in [3.05, 3.63) is 0 Å². The SMILES string of the molecule is C1CCC(=[N+]2CCCC2)CC1.[O-][Cl+](O)(O)O. The van der Waals surface area contributed by atoms with Gasteiger partial charge in [0.25, 0.3) is 0 Å². The molecule has 1 saturated carbocycles. The van der Waals surface area contributed by atoms with E-state index in [0.29, 0.717) is 0 Å². The van der Waals surface area contributed by atoms with Crippen molar-refractivity contribution in [1.82, 2.24) is 0 Å². The third kappa shape index (κ3) is 6.40. The van der Waals surface area contributed by atoms with Gasteiger partial charge in [-0.1, -0.05) is 6.42 Å². The van der Waals surface area contributed by atoms with Crippen molar-refractivity contribution < 1.29 is 33.5 Å². The Morgan fingerprint density at radius 1 is 0.875 bits per heavy atom. The fraction of sp³-hybridized carbons (Fsp3) is 0.900. The van der Waals surface area contributed by atoms with Gasteiger partial charge in [0.1, 0.15) is 13.1 Å². The summed E-state index contributed by atoms with van der Waals surface area (Å²) in [6, 6.07) is 0. The first-order valence-electron chi connectivity index (χ1n) is 5.72. The maximum atomic E-state index is 8.83. The third-order valence-corrected chi connectivity index (χ3v) is 2.98. The molecule has 3 N–H and O–H groups in total. The van der Waals surface area contributed by atoms with E-state index in [1.165, 1.54) is 58.0 Å². The van der Waals surface area contributed by atoms with Crippen LogP contribution in [-0.2, 0) is 0 Å². The normalized spacial score (nSPS) is 22.8. The molecule has 2 aliphatic rings. The Kier molecular flexibility index (Phi) is 5.64. The van der Waals surface area contributed by atoms with Crippen molar-refractivity contribution in [3.63, 3.8) is 0 Å². The third-order valence-electron chi connectivity index (χ3n) is 2.98. The Hall–Kier alpha value is -0.200. The zero-order chi connectivity index (χ0) is 12.0. The molecule has 0 aromatic rings. The zero-order valence-corrected chi connectivity index (χ0v) is 10.2. The minimum absolute atomic E-state index is 1.36. The van der Waals surface area contributed by atoms with Crippen LogP contribution in [0.1, 0.15) is 44.9 Å². The van der Waals surface area contributed by atoms with Crippen LogP contribution in [0, 0.1) is 10.2 Å². The number of hydrogen-bond acceptors (Lipinski definition) is 4. The summed E-state index contributed by atoms with van der Waals surface area (Å²) < 4.78 is 32.9. The molecule has 0 bridgehead atoms. The molecule has 0 aromatic heterocycles. The summed E-state index contributed by atoms with van der Waals surface area (Å²) in [5.74, 6) is 0. The Bertz CT molecular complexity index is 228. The summed E-state index contributed by atoms with van der Waals surface area (Å²) in [5.41, 5.74) is 1.77. The first-order valence-corrected chi connectivity index (χ1v) is 7.05. The van der Waals surface area contributed by atoms with E-state index in [0.717, 1.165) is 0 Å². The van der Waals surface area contributed by atoms with Crippen LogP contribution in [-0.4, -0.2) is 37.4 Å². The van der Waals surface area contributed by atoms with Crippen molar-refractivity contribution in [3.8, 4) is 0 Å². The number of rotatable bonds is 0. The molecule has 0 unspecified atom stereocenters. The molecule has 0 aromatic carbocycles. The summed E-state index contributed by atoms with van der Waals surface area (Å²) in [4.78, 5) is 0. The van der Waals surface area contributed by atoms with Gasteiger partial charge in [-0.25, -0.2) is 4.58 Å². The average Bonchev–Trinajstić information content (AvgIpc) is 2.69. The van der Waals surface area contributed by atoms with Gasteiger partial charge >= 0.3 is 28.9 Å². The summed E-state index contributed by atoms with van der Waals surface area (Å²) >= 11 is 0. The molecular weight excluding hydrogens is 234 g/mol. The second-order valence-corrected chi connectivity index (χ2v) is 5.12. The molecule has 0 radical (unpaired) electrons. The van der Waals surface area contributed by atoms with Crippen molar-refractivity contribution >= 4 is 5.71 Å². The van der Waals surface area contributed by atoms with Crippen LogP contribution >= 0.6 is 0 Å². The van der Waals surface area contributed by atoms with Gasteiger partial charge in [0.05, 0.1) is 0 Å². The molecule has 2 rings (SSSR count). The fourth-order valence-electron chi connectivity index (χ4n) is 2.31. The van der Waals surface area contributed by atoms with Crippen LogP contribution in [0.3, 0.4) is 0 Å². The molecule has 0 spiro atoms. The van der Waals surface area contributed by atoms with E-state index >= 15 is 0 Å². The minimum atomic E-state index is -4.19. The van der Waals surface area contributed by atoms with Gasteiger partial charge in [0, 0.05) is 25.7 Å². The van der Waals surface area contributed by atoms with Crippen LogP contribution in [0.25, 0.3) is 0 Å². The Morgan fingerprint density at radius 2 is 1.31 bits per heavy atom. The van der Waals surface area contributed by atoms with E-state index in [1.807, 2.05) is 0 Å². The predicted molar refractivity (Wildman–Crippen MR) is 54.0 cm³/mol. The Balaban J connectivity index is 0.000000221. The number of nitrogens with zero attached hydrogens (tertiary/aromatic N) is 1. The molecule has 96 valence electrons. The van der Waals surface area contributed by atoms with Gasteiger partial charge in [-0.3, -0.25) is 0 Å². The van der Waals surface area contributed by atoms with Crippen LogP contribution in [0.15, 0.2) is 0 Å². The summed E-state index contributed by atoms with van der Waals surface area (Å²) in [6.45, 7) is 2.71. The van der Waals surface area contributed by atoms with E-state index in [2.05, 4.69) is 4.58 Å². The predicted octanol–water partition coefficient (Wildman–Crippen LogP) is -0.662. The molecule has 1 heterocycles. The van der Waals surface area contributed by atoms with Gasteiger partial charge in [0.2, 0.25) is 0 Å². The molecule has 0 atom stereocenters. The van der Waals surface area contributed by atoms with E-state index in [1.54, 1.807) is 5.71 Å². The van der Waals surface area contributed by atoms with E-state index < -0.39 is 10.2 Å². The van der Waals surface area contributed by atoms with Gasteiger partial charge < -0.3 is 0 Å². The van der Waals surface area contributed by atoms with Gasteiger partial charge in [-0.15, -0.1) is 0 Å². The molecule has 5 nitrogen and oxygen atoms in total. The molecule has 0 amide bonds. The first kappa shape index (κ1) is 13.9. The van der Waals surface area contributed by atoms with E-state index in [9.17, 15) is 0 Å². The standard InChI is InChI=1S/C10H18N.ClH3O4/c1-2-6-10(7-3-1)11-8-4-5-9-11;2-1(3,4)5/h1-9H2;2-4H/q+1;. The van der Waals surface area contributed by atoms with Crippen LogP contribution in [0.4, 0.5) is 0 Å². The summed E-state index contributed by atoms with van der Waals surface area (Å²) in [7, 11) is -4.19. The van der Waals surface area contributed by atoms with Crippen LogP contribution in [0.2, 0.25) is 0 Å². The van der Waals surface area contributed by atoms with Crippen LogP contribution in [0.5, 0.6) is 0 Å². The topological polar surface area (TPSA) is 86.8 Å². The van der Waals surface area contributed by atoms with Crippen molar-refractivity contribution in [2.75, 3.05) is 13.1 Å². The maximum absolute atomic E-state index is 8.83. The molecule has 2 fully saturated rings. The van der Waals surface area contributed by atoms with Gasteiger partial charge in [-0.05, 0) is 12.8 Å². The molecule has 6 heteroatoms. The zero-order valence-electron chi connectivity index (χ0n) is 9.44. The van der Waals surface area contributed by atoms with Crippen LogP contribution < -0.4 is 4.66 Å². The number of hydrogen-bond donors (Lipinski definition) is 3. The molecule has 1 aliphatic carbocycles. The fourth-order valence-corrected chi connectivity index (χ4v) is 2.31. The monoisotopic (exact) mass is 254 g/mol. The van der Waals surface area contributed by atoms with Crippen molar-refractivity contribution in [1.29, 1.82) is 0 Å². The Labute approximate surface area is 97.8 Å². The van der Waals surface area contributed by atoms with Crippen molar-refractivity contribution in [2.45, 2.75) is 44.9 Å². The molecule has 1 aliphatic heterocycles. The summed E-state index contributed by atoms with van der Waals surface area (Å²) in [6.07, 6.45) is 10.0.